The molecule has 0 fully saturated rings. The largest absolute Gasteiger partial charge is 0.377 e. The van der Waals surface area contributed by atoms with Gasteiger partial charge in [-0.15, -0.1) is 0 Å². The van der Waals surface area contributed by atoms with Crippen LogP contribution in [0.15, 0.2) is 18.5 Å². The maximum atomic E-state index is 10.4. The minimum absolute atomic E-state index is 0.0115. The number of aromatic nitrogens is 2. The van der Waals surface area contributed by atoms with Crippen LogP contribution in [0.25, 0.3) is 5.70 Å². The minimum atomic E-state index is -0.455. The Morgan fingerprint density at radius 2 is 2.50 bits per heavy atom. The second-order valence-electron chi connectivity index (χ2n) is 2.92. The average molecular weight is 195 g/mol. The summed E-state index contributed by atoms with van der Waals surface area (Å²) in [5.41, 5.74) is 0.960. The van der Waals surface area contributed by atoms with Crippen LogP contribution < -0.4 is 0 Å². The summed E-state index contributed by atoms with van der Waals surface area (Å²) in [5, 5.41) is 14.3. The lowest BCUT2D eigenvalue weighted by Gasteiger charge is -2.12. The van der Waals surface area contributed by atoms with Gasteiger partial charge in [-0.25, -0.2) is 4.68 Å². The highest BCUT2D eigenvalue weighted by molar-refractivity contribution is 5.46. The zero-order chi connectivity index (χ0) is 9.97. The van der Waals surface area contributed by atoms with Crippen LogP contribution in [0, 0.1) is 10.1 Å². The number of ether oxygens (including phenoxy) is 1. The Bertz CT molecular complexity index is 383. The average Bonchev–Trinajstić information content (AvgIpc) is 2.68. The maximum absolute atomic E-state index is 10.4. The molecule has 0 saturated heterocycles. The molecule has 6 heteroatoms. The van der Waals surface area contributed by atoms with Crippen LogP contribution in [0.5, 0.6) is 0 Å². The van der Waals surface area contributed by atoms with E-state index in [0.717, 1.165) is 12.1 Å². The summed E-state index contributed by atoms with van der Waals surface area (Å²) in [7, 11) is 0. The molecule has 2 heterocycles. The number of hydrogen-bond donors (Lipinski definition) is 0. The van der Waals surface area contributed by atoms with Crippen molar-refractivity contribution in [3.8, 4) is 0 Å². The maximum Gasteiger partial charge on any atom is 0.307 e. The van der Waals surface area contributed by atoms with E-state index in [2.05, 4.69) is 5.10 Å². The molecule has 1 aliphatic rings. The molecule has 0 N–H and O–H groups in total. The number of hydrogen-bond acceptors (Lipinski definition) is 4. The van der Waals surface area contributed by atoms with Crippen LogP contribution in [0.1, 0.15) is 6.42 Å². The molecule has 0 saturated carbocycles. The summed E-state index contributed by atoms with van der Waals surface area (Å²) in [6.45, 7) is 1.18. The first-order valence-corrected chi connectivity index (χ1v) is 4.23. The Labute approximate surface area is 79.9 Å². The first kappa shape index (κ1) is 8.89. The molecule has 0 radical (unpaired) electrons. The summed E-state index contributed by atoms with van der Waals surface area (Å²) in [4.78, 5) is 9.95. The van der Waals surface area contributed by atoms with Crippen molar-refractivity contribution in [2.45, 2.75) is 6.42 Å². The standard InChI is InChI=1S/C8H9N3O3/c12-11(13)8-5-9-10(6-8)7-1-3-14-4-2-7/h1,5-6H,2-4H2. The van der Waals surface area contributed by atoms with Crippen LogP contribution in [0.2, 0.25) is 0 Å². The molecule has 0 aliphatic carbocycles. The molecule has 74 valence electrons. The van der Waals surface area contributed by atoms with Crippen molar-refractivity contribution in [3.05, 3.63) is 28.6 Å². The van der Waals surface area contributed by atoms with Gasteiger partial charge < -0.3 is 4.74 Å². The van der Waals surface area contributed by atoms with Crippen LogP contribution in [-0.2, 0) is 4.74 Å². The third-order valence-corrected chi connectivity index (χ3v) is 2.01. The predicted molar refractivity (Wildman–Crippen MR) is 48.6 cm³/mol. The minimum Gasteiger partial charge on any atom is -0.377 e. The molecule has 0 unspecified atom stereocenters. The fourth-order valence-electron chi connectivity index (χ4n) is 1.29. The molecule has 0 amide bonds. The highest BCUT2D eigenvalue weighted by Crippen LogP contribution is 2.16. The van der Waals surface area contributed by atoms with Crippen molar-refractivity contribution in [2.24, 2.45) is 0 Å². The summed E-state index contributed by atoms with van der Waals surface area (Å²) < 4.78 is 6.65. The van der Waals surface area contributed by atoms with Gasteiger partial charge in [0.1, 0.15) is 12.4 Å². The van der Waals surface area contributed by atoms with Gasteiger partial charge >= 0.3 is 5.69 Å². The fourth-order valence-corrected chi connectivity index (χ4v) is 1.29. The van der Waals surface area contributed by atoms with Crippen molar-refractivity contribution in [1.29, 1.82) is 0 Å². The number of nitro groups is 1. The zero-order valence-corrected chi connectivity index (χ0v) is 7.42. The monoisotopic (exact) mass is 195 g/mol. The van der Waals surface area contributed by atoms with Crippen molar-refractivity contribution in [3.63, 3.8) is 0 Å². The first-order valence-electron chi connectivity index (χ1n) is 4.23. The van der Waals surface area contributed by atoms with Crippen LogP contribution in [0.3, 0.4) is 0 Å². The van der Waals surface area contributed by atoms with E-state index in [1.165, 1.54) is 17.1 Å². The second-order valence-corrected chi connectivity index (χ2v) is 2.92. The molecule has 2 rings (SSSR count). The van der Waals surface area contributed by atoms with E-state index in [1.54, 1.807) is 0 Å². The first-order chi connectivity index (χ1) is 6.77. The zero-order valence-electron chi connectivity index (χ0n) is 7.42. The molecule has 0 bridgehead atoms. The molecule has 0 atom stereocenters. The second kappa shape index (κ2) is 3.59. The van der Waals surface area contributed by atoms with E-state index in [0.29, 0.717) is 13.2 Å². The van der Waals surface area contributed by atoms with Crippen LogP contribution in [-0.4, -0.2) is 27.9 Å². The molecule has 14 heavy (non-hydrogen) atoms. The lowest BCUT2D eigenvalue weighted by molar-refractivity contribution is -0.384. The topological polar surface area (TPSA) is 70.2 Å². The van der Waals surface area contributed by atoms with Crippen molar-refractivity contribution in [2.75, 3.05) is 13.2 Å². The smallest absolute Gasteiger partial charge is 0.307 e. The van der Waals surface area contributed by atoms with Gasteiger partial charge in [-0.3, -0.25) is 10.1 Å². The summed E-state index contributed by atoms with van der Waals surface area (Å²) in [6.07, 6.45) is 5.27. The van der Waals surface area contributed by atoms with Gasteiger partial charge in [0.2, 0.25) is 0 Å². The van der Waals surface area contributed by atoms with Gasteiger partial charge in [0, 0.05) is 12.1 Å². The van der Waals surface area contributed by atoms with Crippen molar-refractivity contribution >= 4 is 11.4 Å². The van der Waals surface area contributed by atoms with E-state index in [1.807, 2.05) is 6.08 Å². The molecular formula is C8H9N3O3. The van der Waals surface area contributed by atoms with Crippen LogP contribution >= 0.6 is 0 Å². The van der Waals surface area contributed by atoms with Gasteiger partial charge in [0.25, 0.3) is 0 Å². The number of nitrogens with zero attached hydrogens (tertiary/aromatic N) is 3. The third kappa shape index (κ3) is 1.64. The SMILES string of the molecule is O=[N+]([O-])c1cnn(C2=CCOCC2)c1. The van der Waals surface area contributed by atoms with E-state index in [4.69, 9.17) is 4.74 Å². The third-order valence-electron chi connectivity index (χ3n) is 2.01. The van der Waals surface area contributed by atoms with E-state index in [-0.39, 0.29) is 5.69 Å². The quantitative estimate of drug-likeness (QED) is 0.522. The highest BCUT2D eigenvalue weighted by atomic mass is 16.6. The van der Waals surface area contributed by atoms with Gasteiger partial charge in [0.15, 0.2) is 0 Å². The molecule has 0 aromatic carbocycles. The molecule has 1 aliphatic heterocycles. The van der Waals surface area contributed by atoms with Crippen molar-refractivity contribution < 1.29 is 9.66 Å². The van der Waals surface area contributed by atoms with Gasteiger partial charge in [0.05, 0.1) is 18.1 Å². The van der Waals surface area contributed by atoms with E-state index >= 15 is 0 Å². The Morgan fingerprint density at radius 1 is 1.64 bits per heavy atom. The summed E-state index contributed by atoms with van der Waals surface area (Å²) in [5.74, 6) is 0. The van der Waals surface area contributed by atoms with Gasteiger partial charge in [-0.2, -0.15) is 5.10 Å². The molecule has 1 aromatic heterocycles. The molecule has 1 aromatic rings. The molecular weight excluding hydrogens is 186 g/mol. The Morgan fingerprint density at radius 3 is 3.07 bits per heavy atom. The van der Waals surface area contributed by atoms with E-state index in [9.17, 15) is 10.1 Å². The van der Waals surface area contributed by atoms with E-state index < -0.39 is 4.92 Å². The predicted octanol–water partition coefficient (Wildman–Crippen LogP) is 1.05. The Balaban J connectivity index is 2.23. The van der Waals surface area contributed by atoms with Crippen LogP contribution in [0.4, 0.5) is 5.69 Å². The number of rotatable bonds is 2. The molecule has 0 spiro atoms. The molecule has 6 nitrogen and oxygen atoms in total. The van der Waals surface area contributed by atoms with Gasteiger partial charge in [-0.05, 0) is 6.08 Å². The fraction of sp³-hybridized carbons (Fsp3) is 0.375. The summed E-state index contributed by atoms with van der Waals surface area (Å²) in [6, 6.07) is 0. The highest BCUT2D eigenvalue weighted by Gasteiger charge is 2.12. The van der Waals surface area contributed by atoms with Crippen molar-refractivity contribution in [1.82, 2.24) is 9.78 Å². The lowest BCUT2D eigenvalue weighted by Crippen LogP contribution is -2.08. The Hall–Kier alpha value is -1.69. The lowest BCUT2D eigenvalue weighted by atomic mass is 10.3. The summed E-state index contributed by atoms with van der Waals surface area (Å²) >= 11 is 0. The Kier molecular flexibility index (Phi) is 2.28. The normalized spacial score (nSPS) is 16.4. The van der Waals surface area contributed by atoms with Gasteiger partial charge in [-0.1, -0.05) is 0 Å².